The molecule has 10 heteroatoms. The van der Waals surface area contributed by atoms with Crippen molar-refractivity contribution >= 4 is 56.3 Å². The number of rotatable bonds is 3. The van der Waals surface area contributed by atoms with Crippen LogP contribution in [-0.4, -0.2) is 45.9 Å². The van der Waals surface area contributed by atoms with Gasteiger partial charge in [-0.05, 0) is 35.7 Å². The Balaban J connectivity index is 1.37. The molecule has 4 heterocycles. The second-order valence-electron chi connectivity index (χ2n) is 6.85. The van der Waals surface area contributed by atoms with E-state index in [0.29, 0.717) is 29.5 Å². The van der Waals surface area contributed by atoms with E-state index in [1.54, 1.807) is 48.1 Å². The predicted molar refractivity (Wildman–Crippen MR) is 122 cm³/mol. The topological polar surface area (TPSA) is 67.2 Å². The van der Waals surface area contributed by atoms with E-state index in [1.165, 1.54) is 4.68 Å². The molecule has 0 saturated carbocycles. The van der Waals surface area contributed by atoms with E-state index in [0.717, 1.165) is 29.1 Å². The zero-order valence-electron chi connectivity index (χ0n) is 15.7. The van der Waals surface area contributed by atoms with Crippen LogP contribution in [0.15, 0.2) is 53.0 Å². The lowest BCUT2D eigenvalue weighted by atomic mass is 10.2. The quantitative estimate of drug-likeness (QED) is 0.464. The number of benzene rings is 1. The van der Waals surface area contributed by atoms with Crippen LogP contribution < -0.4 is 15.4 Å². The number of aromatic nitrogens is 4. The lowest BCUT2D eigenvalue weighted by Crippen LogP contribution is -2.47. The van der Waals surface area contributed by atoms with Gasteiger partial charge in [0.2, 0.25) is 0 Å². The van der Waals surface area contributed by atoms with Crippen LogP contribution in [0.25, 0.3) is 15.9 Å². The summed E-state index contributed by atoms with van der Waals surface area (Å²) in [7, 11) is 0. The Morgan fingerprint density at radius 2 is 1.67 bits per heavy atom. The second kappa shape index (κ2) is 7.86. The van der Waals surface area contributed by atoms with Gasteiger partial charge in [-0.3, -0.25) is 4.79 Å². The third-order valence-corrected chi connectivity index (χ3v) is 6.56. The molecule has 0 radical (unpaired) electrons. The van der Waals surface area contributed by atoms with E-state index in [9.17, 15) is 4.79 Å². The van der Waals surface area contributed by atoms with E-state index in [4.69, 9.17) is 23.2 Å². The van der Waals surface area contributed by atoms with Crippen LogP contribution in [0.4, 0.5) is 11.5 Å². The van der Waals surface area contributed by atoms with Crippen molar-refractivity contribution in [2.45, 2.75) is 0 Å². The molecule has 0 N–H and O–H groups in total. The molecule has 7 nitrogen and oxygen atoms in total. The minimum absolute atomic E-state index is 0.163. The van der Waals surface area contributed by atoms with Crippen molar-refractivity contribution in [2.24, 2.45) is 0 Å². The fraction of sp³-hybridized carbons (Fsp3) is 0.200. The van der Waals surface area contributed by atoms with E-state index >= 15 is 0 Å². The molecule has 0 bridgehead atoms. The summed E-state index contributed by atoms with van der Waals surface area (Å²) in [6.07, 6.45) is 3.26. The summed E-state index contributed by atoms with van der Waals surface area (Å²) in [5, 5.41) is 8.18. The monoisotopic (exact) mass is 458 g/mol. The average molecular weight is 459 g/mol. The highest BCUT2D eigenvalue weighted by Gasteiger charge is 2.23. The predicted octanol–water partition coefficient (Wildman–Crippen LogP) is 3.87. The summed E-state index contributed by atoms with van der Waals surface area (Å²) in [6, 6.07) is 8.95. The van der Waals surface area contributed by atoms with Crippen molar-refractivity contribution in [2.75, 3.05) is 36.0 Å². The summed E-state index contributed by atoms with van der Waals surface area (Å²) < 4.78 is 1.28. The lowest BCUT2D eigenvalue weighted by Gasteiger charge is -2.36. The molecule has 0 unspecified atom stereocenters. The standard InChI is InChI=1S/C20H16Cl2N6OS/c21-13-1-3-14(4-2-13)28-20(29)17(22)16(11-25-28)26-6-8-27(9-7-26)18-15-5-10-30-19(15)24-12-23-18/h1-5,10-12H,6-9H2. The van der Waals surface area contributed by atoms with Gasteiger partial charge in [-0.15, -0.1) is 11.3 Å². The Morgan fingerprint density at radius 3 is 2.43 bits per heavy atom. The minimum atomic E-state index is -0.352. The van der Waals surface area contributed by atoms with Crippen molar-refractivity contribution in [3.8, 4) is 5.69 Å². The molecule has 1 aliphatic heterocycles. The maximum atomic E-state index is 12.8. The zero-order valence-corrected chi connectivity index (χ0v) is 18.0. The average Bonchev–Trinajstić information content (AvgIpc) is 3.26. The highest BCUT2D eigenvalue weighted by molar-refractivity contribution is 7.16. The minimum Gasteiger partial charge on any atom is -0.365 e. The number of anilines is 2. The number of hydrogen-bond donors (Lipinski definition) is 0. The van der Waals surface area contributed by atoms with Gasteiger partial charge in [-0.25, -0.2) is 9.97 Å². The molecule has 1 saturated heterocycles. The van der Waals surface area contributed by atoms with Gasteiger partial charge in [-0.2, -0.15) is 9.78 Å². The molecule has 3 aromatic heterocycles. The summed E-state index contributed by atoms with van der Waals surface area (Å²) in [6.45, 7) is 2.94. The van der Waals surface area contributed by atoms with Gasteiger partial charge >= 0.3 is 0 Å². The van der Waals surface area contributed by atoms with Gasteiger partial charge < -0.3 is 9.80 Å². The highest BCUT2D eigenvalue weighted by atomic mass is 35.5. The van der Waals surface area contributed by atoms with E-state index < -0.39 is 0 Å². The number of thiophene rings is 1. The number of halogens is 2. The van der Waals surface area contributed by atoms with Crippen LogP contribution in [0.1, 0.15) is 0 Å². The van der Waals surface area contributed by atoms with Gasteiger partial charge in [-0.1, -0.05) is 23.2 Å². The Bertz CT molecular complexity index is 1260. The van der Waals surface area contributed by atoms with Crippen molar-refractivity contribution in [3.05, 3.63) is 68.6 Å². The molecule has 152 valence electrons. The van der Waals surface area contributed by atoms with E-state index in [1.807, 2.05) is 5.38 Å². The van der Waals surface area contributed by atoms with Crippen molar-refractivity contribution in [1.29, 1.82) is 0 Å². The van der Waals surface area contributed by atoms with Crippen LogP contribution in [0.3, 0.4) is 0 Å². The van der Waals surface area contributed by atoms with E-state index in [-0.39, 0.29) is 10.6 Å². The normalized spacial score (nSPS) is 14.5. The number of fused-ring (bicyclic) bond motifs is 1. The molecular formula is C20H16Cl2N6OS. The van der Waals surface area contributed by atoms with Crippen LogP contribution in [0.2, 0.25) is 10.0 Å². The van der Waals surface area contributed by atoms with Gasteiger partial charge in [0.25, 0.3) is 5.56 Å². The van der Waals surface area contributed by atoms with Crippen LogP contribution in [0.5, 0.6) is 0 Å². The Kier molecular flexibility index (Phi) is 5.06. The molecule has 4 aromatic rings. The Morgan fingerprint density at radius 1 is 0.933 bits per heavy atom. The van der Waals surface area contributed by atoms with Crippen LogP contribution in [0, 0.1) is 0 Å². The molecular weight excluding hydrogens is 443 g/mol. The van der Waals surface area contributed by atoms with Crippen molar-refractivity contribution in [1.82, 2.24) is 19.7 Å². The summed E-state index contributed by atoms with van der Waals surface area (Å²) in [4.78, 5) is 26.9. The first-order valence-corrected chi connectivity index (χ1v) is 11.0. The number of hydrogen-bond acceptors (Lipinski definition) is 7. The zero-order chi connectivity index (χ0) is 20.7. The SMILES string of the molecule is O=c1c(Cl)c(N2CCN(c3ncnc4sccc34)CC2)cnn1-c1ccc(Cl)cc1. The molecule has 0 aliphatic carbocycles. The van der Waals surface area contributed by atoms with Crippen LogP contribution in [-0.2, 0) is 0 Å². The molecule has 1 fully saturated rings. The smallest absolute Gasteiger partial charge is 0.292 e. The summed E-state index contributed by atoms with van der Waals surface area (Å²) in [5.74, 6) is 0.947. The fourth-order valence-electron chi connectivity index (χ4n) is 3.60. The summed E-state index contributed by atoms with van der Waals surface area (Å²) >= 11 is 14.0. The van der Waals surface area contributed by atoms with Gasteiger partial charge in [0.1, 0.15) is 22.0 Å². The largest absolute Gasteiger partial charge is 0.365 e. The Hall–Kier alpha value is -2.68. The summed E-state index contributed by atoms with van der Waals surface area (Å²) in [5.41, 5.74) is 0.913. The molecule has 30 heavy (non-hydrogen) atoms. The second-order valence-corrected chi connectivity index (χ2v) is 8.56. The van der Waals surface area contributed by atoms with E-state index in [2.05, 4.69) is 30.9 Å². The van der Waals surface area contributed by atoms with Crippen molar-refractivity contribution < 1.29 is 0 Å². The fourth-order valence-corrected chi connectivity index (χ4v) is 4.70. The number of nitrogens with zero attached hydrogens (tertiary/aromatic N) is 6. The molecule has 1 aromatic carbocycles. The highest BCUT2D eigenvalue weighted by Crippen LogP contribution is 2.29. The third-order valence-electron chi connectivity index (χ3n) is 5.13. The maximum absolute atomic E-state index is 12.8. The van der Waals surface area contributed by atoms with Gasteiger partial charge in [0.15, 0.2) is 0 Å². The third kappa shape index (κ3) is 3.40. The van der Waals surface area contributed by atoms with Crippen LogP contribution >= 0.6 is 34.5 Å². The molecule has 0 atom stereocenters. The molecule has 0 spiro atoms. The first-order chi connectivity index (χ1) is 14.6. The van der Waals surface area contributed by atoms with Gasteiger partial charge in [0.05, 0.1) is 23.0 Å². The first kappa shape index (κ1) is 19.3. The lowest BCUT2D eigenvalue weighted by molar-refractivity contribution is 0.644. The number of piperazine rings is 1. The molecule has 5 rings (SSSR count). The van der Waals surface area contributed by atoms with Gasteiger partial charge in [0, 0.05) is 31.2 Å². The first-order valence-electron chi connectivity index (χ1n) is 9.34. The van der Waals surface area contributed by atoms with Crippen molar-refractivity contribution in [3.63, 3.8) is 0 Å². The maximum Gasteiger partial charge on any atom is 0.292 e. The molecule has 0 amide bonds. The Labute approximate surface area is 186 Å². The molecule has 1 aliphatic rings.